The predicted molar refractivity (Wildman–Crippen MR) is 60.3 cm³/mol. The second kappa shape index (κ2) is 5.23. The number of hydrogen-bond acceptors (Lipinski definition) is 5. The van der Waals surface area contributed by atoms with E-state index in [1.165, 1.54) is 18.4 Å². The molecule has 0 saturated carbocycles. The summed E-state index contributed by atoms with van der Waals surface area (Å²) in [4.78, 5) is 16.0. The number of carbonyl (C=O) groups is 1. The summed E-state index contributed by atoms with van der Waals surface area (Å²) in [5.74, 6) is -1.34. The lowest BCUT2D eigenvalue weighted by molar-refractivity contribution is -0.142. The zero-order valence-electron chi connectivity index (χ0n) is 10.0. The molecule has 20 heavy (non-hydrogen) atoms. The molecular formula is C10H10F3N5O2. The molecule has 3 N–H and O–H groups in total. The molecule has 2 aromatic heterocycles. The first-order valence-corrected chi connectivity index (χ1v) is 5.41. The monoisotopic (exact) mass is 289 g/mol. The van der Waals surface area contributed by atoms with Crippen molar-refractivity contribution < 1.29 is 22.4 Å². The lowest BCUT2D eigenvalue weighted by atomic mass is 10.3. The van der Waals surface area contributed by atoms with Crippen molar-refractivity contribution in [1.82, 2.24) is 20.1 Å². The molecule has 10 heteroatoms. The number of aromatic amines is 1. The maximum absolute atomic E-state index is 12.5. The van der Waals surface area contributed by atoms with E-state index < -0.39 is 18.6 Å². The first kappa shape index (κ1) is 13.9. The standard InChI is InChI=1S/C10H10F3N5O2/c11-10(12,13)5-18(4-6-2-1-3-20-6)8(19)7-15-9(14)17-16-7/h1-3H,4-5H2,(H3,14,15,16,17). The Morgan fingerprint density at radius 3 is 2.75 bits per heavy atom. The topological polar surface area (TPSA) is 101 Å². The van der Waals surface area contributed by atoms with Gasteiger partial charge >= 0.3 is 6.18 Å². The van der Waals surface area contributed by atoms with Crippen LogP contribution < -0.4 is 5.73 Å². The van der Waals surface area contributed by atoms with Gasteiger partial charge in [0.15, 0.2) is 0 Å². The summed E-state index contributed by atoms with van der Waals surface area (Å²) in [7, 11) is 0. The highest BCUT2D eigenvalue weighted by Crippen LogP contribution is 2.19. The van der Waals surface area contributed by atoms with Crippen LogP contribution in [0.3, 0.4) is 0 Å². The van der Waals surface area contributed by atoms with Crippen molar-refractivity contribution in [2.24, 2.45) is 0 Å². The molecular weight excluding hydrogens is 279 g/mol. The number of nitrogen functional groups attached to an aromatic ring is 1. The van der Waals surface area contributed by atoms with Gasteiger partial charge in [0, 0.05) is 0 Å². The molecule has 0 unspecified atom stereocenters. The van der Waals surface area contributed by atoms with Gasteiger partial charge < -0.3 is 15.1 Å². The molecule has 2 aromatic rings. The first-order chi connectivity index (χ1) is 9.35. The van der Waals surface area contributed by atoms with Gasteiger partial charge in [-0.2, -0.15) is 18.2 Å². The lowest BCUT2D eigenvalue weighted by Gasteiger charge is -2.21. The molecule has 0 aromatic carbocycles. The van der Waals surface area contributed by atoms with Gasteiger partial charge in [-0.3, -0.25) is 9.89 Å². The SMILES string of the molecule is Nc1n[nH]c(C(=O)N(Cc2ccco2)CC(F)(F)F)n1. The van der Waals surface area contributed by atoms with E-state index in [9.17, 15) is 18.0 Å². The largest absolute Gasteiger partial charge is 0.467 e. The van der Waals surface area contributed by atoms with Crippen LogP contribution in [0, 0.1) is 0 Å². The van der Waals surface area contributed by atoms with Crippen LogP contribution in [0.1, 0.15) is 16.4 Å². The number of nitrogens with zero attached hydrogens (tertiary/aromatic N) is 3. The number of alkyl halides is 3. The van der Waals surface area contributed by atoms with Crippen molar-refractivity contribution in [2.45, 2.75) is 12.7 Å². The van der Waals surface area contributed by atoms with Crippen molar-refractivity contribution in [3.63, 3.8) is 0 Å². The van der Waals surface area contributed by atoms with Crippen LogP contribution >= 0.6 is 0 Å². The van der Waals surface area contributed by atoms with Gasteiger partial charge in [-0.1, -0.05) is 0 Å². The molecule has 2 rings (SSSR count). The van der Waals surface area contributed by atoms with Crippen LogP contribution in [0.15, 0.2) is 22.8 Å². The Bertz CT molecular complexity index is 578. The summed E-state index contributed by atoms with van der Waals surface area (Å²) in [6.45, 7) is -1.78. The minimum absolute atomic E-state index is 0.218. The fraction of sp³-hybridized carbons (Fsp3) is 0.300. The zero-order chi connectivity index (χ0) is 14.8. The number of anilines is 1. The highest BCUT2D eigenvalue weighted by atomic mass is 19.4. The maximum Gasteiger partial charge on any atom is 0.406 e. The summed E-state index contributed by atoms with van der Waals surface area (Å²) in [5.41, 5.74) is 5.21. The number of aromatic nitrogens is 3. The Morgan fingerprint density at radius 1 is 1.50 bits per heavy atom. The molecule has 1 amide bonds. The van der Waals surface area contributed by atoms with Gasteiger partial charge in [-0.25, -0.2) is 0 Å². The first-order valence-electron chi connectivity index (χ1n) is 5.41. The second-order valence-electron chi connectivity index (χ2n) is 3.90. The van der Waals surface area contributed by atoms with E-state index in [0.29, 0.717) is 4.90 Å². The number of halogens is 3. The normalized spacial score (nSPS) is 11.6. The molecule has 0 aliphatic heterocycles. The number of hydrogen-bond donors (Lipinski definition) is 2. The van der Waals surface area contributed by atoms with Crippen molar-refractivity contribution in [1.29, 1.82) is 0 Å². The third-order valence-electron chi connectivity index (χ3n) is 2.29. The van der Waals surface area contributed by atoms with E-state index in [2.05, 4.69) is 15.2 Å². The molecule has 0 aliphatic carbocycles. The maximum atomic E-state index is 12.5. The van der Waals surface area contributed by atoms with Gasteiger partial charge in [0.2, 0.25) is 11.8 Å². The lowest BCUT2D eigenvalue weighted by Crippen LogP contribution is -2.38. The fourth-order valence-electron chi connectivity index (χ4n) is 1.53. The van der Waals surface area contributed by atoms with E-state index in [1.807, 2.05) is 0 Å². The molecule has 0 spiro atoms. The van der Waals surface area contributed by atoms with Crippen LogP contribution in [-0.2, 0) is 6.54 Å². The number of H-pyrrole nitrogens is 1. The summed E-state index contributed by atoms with van der Waals surface area (Å²) < 4.78 is 42.5. The Labute approximate surface area is 110 Å². The van der Waals surface area contributed by atoms with Crippen molar-refractivity contribution in [3.8, 4) is 0 Å². The number of rotatable bonds is 4. The van der Waals surface area contributed by atoms with Crippen LogP contribution in [0.25, 0.3) is 0 Å². The highest BCUT2D eigenvalue weighted by molar-refractivity contribution is 5.90. The van der Waals surface area contributed by atoms with Crippen LogP contribution in [0.4, 0.5) is 19.1 Å². The Balaban J connectivity index is 2.19. The summed E-state index contributed by atoms with van der Waals surface area (Å²) >= 11 is 0. The Kier molecular flexibility index (Phi) is 3.63. The summed E-state index contributed by atoms with van der Waals surface area (Å²) in [6.07, 6.45) is -3.24. The molecule has 0 atom stereocenters. The van der Waals surface area contributed by atoms with Crippen molar-refractivity contribution >= 4 is 11.9 Å². The summed E-state index contributed by atoms with van der Waals surface area (Å²) in [5, 5.41) is 5.58. The fourth-order valence-corrected chi connectivity index (χ4v) is 1.53. The third kappa shape index (κ3) is 3.49. The Morgan fingerprint density at radius 2 is 2.25 bits per heavy atom. The van der Waals surface area contributed by atoms with Gasteiger partial charge in [0.1, 0.15) is 12.3 Å². The molecule has 108 valence electrons. The molecule has 0 saturated heterocycles. The summed E-state index contributed by atoms with van der Waals surface area (Å²) in [6, 6.07) is 2.98. The van der Waals surface area contributed by atoms with Crippen molar-refractivity contribution in [3.05, 3.63) is 30.0 Å². The van der Waals surface area contributed by atoms with Gasteiger partial charge in [0.05, 0.1) is 12.8 Å². The molecule has 7 nitrogen and oxygen atoms in total. The average molecular weight is 289 g/mol. The van der Waals surface area contributed by atoms with Gasteiger partial charge in [-0.15, -0.1) is 5.10 Å². The molecule has 0 bridgehead atoms. The number of carbonyl (C=O) groups excluding carboxylic acids is 1. The van der Waals surface area contributed by atoms with Crippen molar-refractivity contribution in [2.75, 3.05) is 12.3 Å². The number of nitrogens with two attached hydrogens (primary N) is 1. The quantitative estimate of drug-likeness (QED) is 0.880. The van der Waals surface area contributed by atoms with Crippen LogP contribution in [0.2, 0.25) is 0 Å². The van der Waals surface area contributed by atoms with E-state index >= 15 is 0 Å². The molecule has 0 radical (unpaired) electrons. The van der Waals surface area contributed by atoms with E-state index in [1.54, 1.807) is 0 Å². The van der Waals surface area contributed by atoms with Crippen LogP contribution in [-0.4, -0.2) is 38.7 Å². The second-order valence-corrected chi connectivity index (χ2v) is 3.90. The highest BCUT2D eigenvalue weighted by Gasteiger charge is 2.34. The molecule has 0 aliphatic rings. The smallest absolute Gasteiger partial charge is 0.406 e. The van der Waals surface area contributed by atoms with E-state index in [-0.39, 0.29) is 24.1 Å². The number of amides is 1. The average Bonchev–Trinajstić information content (AvgIpc) is 2.97. The van der Waals surface area contributed by atoms with Gasteiger partial charge in [-0.05, 0) is 12.1 Å². The van der Waals surface area contributed by atoms with Crippen LogP contribution in [0.5, 0.6) is 0 Å². The minimum Gasteiger partial charge on any atom is -0.467 e. The number of furan rings is 1. The van der Waals surface area contributed by atoms with Gasteiger partial charge in [0.25, 0.3) is 5.91 Å². The Hall–Kier alpha value is -2.52. The van der Waals surface area contributed by atoms with E-state index in [0.717, 1.165) is 0 Å². The predicted octanol–water partition coefficient (Wildman–Crippen LogP) is 1.18. The third-order valence-corrected chi connectivity index (χ3v) is 2.29. The number of nitrogens with one attached hydrogen (secondary N) is 1. The molecule has 0 fully saturated rings. The molecule has 2 heterocycles. The minimum atomic E-state index is -4.55. The van der Waals surface area contributed by atoms with E-state index in [4.69, 9.17) is 10.2 Å². The zero-order valence-corrected chi connectivity index (χ0v) is 10.0.